The van der Waals surface area contributed by atoms with Crippen LogP contribution in [0.5, 0.6) is 0 Å². The first-order chi connectivity index (χ1) is 7.35. The lowest BCUT2D eigenvalue weighted by Gasteiger charge is -2.32. The van der Waals surface area contributed by atoms with Crippen molar-refractivity contribution >= 4 is 0 Å². The third-order valence-electron chi connectivity index (χ3n) is 2.97. The third-order valence-corrected chi connectivity index (χ3v) is 2.97. The minimum atomic E-state index is 0.302. The molecule has 0 bridgehead atoms. The van der Waals surface area contributed by atoms with Gasteiger partial charge in [0.25, 0.3) is 0 Å². The number of piperidine rings is 1. The molecule has 0 radical (unpaired) electrons. The van der Waals surface area contributed by atoms with E-state index in [1.165, 1.54) is 12.8 Å². The first-order valence-corrected chi connectivity index (χ1v) is 5.61. The third kappa shape index (κ3) is 2.18. The summed E-state index contributed by atoms with van der Waals surface area (Å²) in [5, 5.41) is 3.84. The molecule has 2 rings (SSSR count). The summed E-state index contributed by atoms with van der Waals surface area (Å²) in [6.07, 6.45) is 3.61. The molecule has 2 heterocycles. The number of hydrogen-bond acceptors (Lipinski definition) is 5. The van der Waals surface area contributed by atoms with Crippen molar-refractivity contribution in [1.29, 1.82) is 0 Å². The monoisotopic (exact) mass is 210 g/mol. The van der Waals surface area contributed by atoms with Gasteiger partial charge >= 0.3 is 0 Å². The second kappa shape index (κ2) is 4.72. The van der Waals surface area contributed by atoms with E-state index in [1.54, 1.807) is 0 Å². The molecule has 84 valence electrons. The van der Waals surface area contributed by atoms with Gasteiger partial charge < -0.3 is 10.3 Å². The van der Waals surface area contributed by atoms with Gasteiger partial charge in [0, 0.05) is 0 Å². The van der Waals surface area contributed by atoms with Crippen molar-refractivity contribution in [1.82, 2.24) is 15.0 Å². The number of rotatable bonds is 3. The summed E-state index contributed by atoms with van der Waals surface area (Å²) in [6.45, 7) is 4.67. The van der Waals surface area contributed by atoms with Crippen molar-refractivity contribution in [3.8, 4) is 0 Å². The summed E-state index contributed by atoms with van der Waals surface area (Å²) in [7, 11) is 0. The Morgan fingerprint density at radius 3 is 3.07 bits per heavy atom. The van der Waals surface area contributed by atoms with Crippen LogP contribution in [0.1, 0.15) is 43.9 Å². The van der Waals surface area contributed by atoms with E-state index in [9.17, 15) is 0 Å². The van der Waals surface area contributed by atoms with Crippen LogP contribution in [0, 0.1) is 0 Å². The van der Waals surface area contributed by atoms with Gasteiger partial charge in [0.2, 0.25) is 5.89 Å². The molecule has 0 spiro atoms. The Labute approximate surface area is 89.6 Å². The van der Waals surface area contributed by atoms with E-state index >= 15 is 0 Å². The van der Waals surface area contributed by atoms with Crippen LogP contribution < -0.4 is 5.73 Å². The summed E-state index contributed by atoms with van der Waals surface area (Å²) in [6, 6.07) is 0.302. The normalized spacial score (nSPS) is 23.2. The fourth-order valence-electron chi connectivity index (χ4n) is 2.13. The predicted molar refractivity (Wildman–Crippen MR) is 56.0 cm³/mol. The molecule has 0 saturated carbocycles. The van der Waals surface area contributed by atoms with Gasteiger partial charge in [-0.3, -0.25) is 4.90 Å². The van der Waals surface area contributed by atoms with Crippen molar-refractivity contribution in [3.05, 3.63) is 11.7 Å². The molecule has 5 heteroatoms. The SMILES string of the molecule is CCN1CCCCC1c1nc(CN)no1. The zero-order valence-corrected chi connectivity index (χ0v) is 9.15. The average Bonchev–Trinajstić information content (AvgIpc) is 2.77. The minimum absolute atomic E-state index is 0.302. The van der Waals surface area contributed by atoms with Gasteiger partial charge in [-0.25, -0.2) is 0 Å². The van der Waals surface area contributed by atoms with Crippen LogP contribution in [0.4, 0.5) is 0 Å². The van der Waals surface area contributed by atoms with Gasteiger partial charge in [0.05, 0.1) is 12.6 Å². The van der Waals surface area contributed by atoms with E-state index in [-0.39, 0.29) is 0 Å². The van der Waals surface area contributed by atoms with Crippen LogP contribution >= 0.6 is 0 Å². The molecular weight excluding hydrogens is 192 g/mol. The summed E-state index contributed by atoms with van der Waals surface area (Å²) in [5.74, 6) is 1.34. The summed E-state index contributed by atoms with van der Waals surface area (Å²) < 4.78 is 5.24. The molecule has 1 atom stereocenters. The van der Waals surface area contributed by atoms with Crippen LogP contribution in [0.3, 0.4) is 0 Å². The topological polar surface area (TPSA) is 68.2 Å². The second-order valence-corrected chi connectivity index (χ2v) is 3.89. The maximum absolute atomic E-state index is 5.46. The number of hydrogen-bond donors (Lipinski definition) is 1. The lowest BCUT2D eigenvalue weighted by atomic mass is 10.0. The first-order valence-electron chi connectivity index (χ1n) is 5.61. The highest BCUT2D eigenvalue weighted by atomic mass is 16.5. The largest absolute Gasteiger partial charge is 0.338 e. The number of nitrogens with two attached hydrogens (primary N) is 1. The van der Waals surface area contributed by atoms with E-state index in [0.717, 1.165) is 25.4 Å². The van der Waals surface area contributed by atoms with Crippen LogP contribution in [-0.4, -0.2) is 28.1 Å². The Morgan fingerprint density at radius 2 is 2.40 bits per heavy atom. The van der Waals surface area contributed by atoms with Crippen molar-refractivity contribution in [2.75, 3.05) is 13.1 Å². The molecule has 1 saturated heterocycles. The second-order valence-electron chi connectivity index (χ2n) is 3.89. The molecule has 1 fully saturated rings. The number of nitrogens with zero attached hydrogens (tertiary/aromatic N) is 3. The molecule has 0 aliphatic carbocycles. The number of likely N-dealkylation sites (tertiary alicyclic amines) is 1. The highest BCUT2D eigenvalue weighted by Crippen LogP contribution is 2.29. The summed E-state index contributed by atoms with van der Waals surface area (Å²) in [4.78, 5) is 6.69. The standard InChI is InChI=1S/C10H18N4O/c1-2-14-6-4-3-5-8(14)10-12-9(7-11)13-15-10/h8H,2-7,11H2,1H3. The fraction of sp³-hybridized carbons (Fsp3) is 0.800. The molecule has 0 aromatic carbocycles. The Morgan fingerprint density at radius 1 is 1.53 bits per heavy atom. The molecule has 1 aliphatic heterocycles. The molecule has 5 nitrogen and oxygen atoms in total. The molecule has 2 N–H and O–H groups in total. The fourth-order valence-corrected chi connectivity index (χ4v) is 2.13. The molecule has 1 aromatic rings. The van der Waals surface area contributed by atoms with Crippen LogP contribution in [-0.2, 0) is 6.54 Å². The number of aromatic nitrogens is 2. The molecule has 0 amide bonds. The molecule has 1 unspecified atom stereocenters. The zero-order valence-electron chi connectivity index (χ0n) is 9.15. The van der Waals surface area contributed by atoms with Gasteiger partial charge in [-0.05, 0) is 25.9 Å². The van der Waals surface area contributed by atoms with Crippen molar-refractivity contribution < 1.29 is 4.52 Å². The Kier molecular flexibility index (Phi) is 3.33. The predicted octanol–water partition coefficient (Wildman–Crippen LogP) is 1.08. The molecule has 1 aromatic heterocycles. The lowest BCUT2D eigenvalue weighted by molar-refractivity contribution is 0.125. The van der Waals surface area contributed by atoms with Crippen LogP contribution in [0.2, 0.25) is 0 Å². The Hall–Kier alpha value is -0.940. The van der Waals surface area contributed by atoms with Gasteiger partial charge in [-0.1, -0.05) is 18.5 Å². The van der Waals surface area contributed by atoms with E-state index < -0.39 is 0 Å². The Bertz CT molecular complexity index is 312. The molecular formula is C10H18N4O. The summed E-state index contributed by atoms with van der Waals surface area (Å²) >= 11 is 0. The van der Waals surface area contributed by atoms with Crippen molar-refractivity contribution in [2.45, 2.75) is 38.8 Å². The van der Waals surface area contributed by atoms with Gasteiger partial charge in [0.1, 0.15) is 0 Å². The smallest absolute Gasteiger partial charge is 0.244 e. The lowest BCUT2D eigenvalue weighted by Crippen LogP contribution is -2.33. The molecule has 15 heavy (non-hydrogen) atoms. The highest BCUT2D eigenvalue weighted by molar-refractivity contribution is 4.95. The Balaban J connectivity index is 2.12. The molecule has 1 aliphatic rings. The van der Waals surface area contributed by atoms with E-state index in [0.29, 0.717) is 18.4 Å². The van der Waals surface area contributed by atoms with E-state index in [2.05, 4.69) is 22.0 Å². The summed E-state index contributed by atoms with van der Waals surface area (Å²) in [5.41, 5.74) is 5.46. The van der Waals surface area contributed by atoms with Gasteiger partial charge in [0.15, 0.2) is 5.82 Å². The maximum atomic E-state index is 5.46. The van der Waals surface area contributed by atoms with Crippen molar-refractivity contribution in [2.24, 2.45) is 5.73 Å². The quantitative estimate of drug-likeness (QED) is 0.808. The average molecular weight is 210 g/mol. The zero-order chi connectivity index (χ0) is 10.7. The van der Waals surface area contributed by atoms with Crippen molar-refractivity contribution in [3.63, 3.8) is 0 Å². The van der Waals surface area contributed by atoms with Gasteiger partial charge in [-0.2, -0.15) is 4.98 Å². The van der Waals surface area contributed by atoms with E-state index in [4.69, 9.17) is 10.3 Å². The minimum Gasteiger partial charge on any atom is -0.338 e. The maximum Gasteiger partial charge on any atom is 0.244 e. The first kappa shape index (κ1) is 10.6. The van der Waals surface area contributed by atoms with Gasteiger partial charge in [-0.15, -0.1) is 0 Å². The highest BCUT2D eigenvalue weighted by Gasteiger charge is 2.27. The van der Waals surface area contributed by atoms with E-state index in [1.807, 2.05) is 0 Å². The van der Waals surface area contributed by atoms with Crippen LogP contribution in [0.15, 0.2) is 4.52 Å². The van der Waals surface area contributed by atoms with Crippen LogP contribution in [0.25, 0.3) is 0 Å².